The summed E-state index contributed by atoms with van der Waals surface area (Å²) < 4.78 is 26.5. The van der Waals surface area contributed by atoms with Crippen LogP contribution in [0.2, 0.25) is 0 Å². The standard InChI is InChI=1S/C13H15F2.Y/c1-9-5-7-10(8-6-9)11-3-2-4-12(14)13(11)15;/h2-3,9-10H,5-8H2,1H3;/q-1;. The molecule has 3 heteroatoms. The average molecular weight is 298 g/mol. The van der Waals surface area contributed by atoms with Crippen molar-refractivity contribution in [3.8, 4) is 0 Å². The van der Waals surface area contributed by atoms with Gasteiger partial charge in [0, 0.05) is 44.3 Å². The van der Waals surface area contributed by atoms with Gasteiger partial charge in [0.2, 0.25) is 0 Å². The van der Waals surface area contributed by atoms with Crippen LogP contribution in [0.4, 0.5) is 8.78 Å². The summed E-state index contributed by atoms with van der Waals surface area (Å²) >= 11 is 0. The maximum absolute atomic E-state index is 13.5. The Hall–Kier alpha value is 0.184. The summed E-state index contributed by atoms with van der Waals surface area (Å²) in [5, 5.41) is 0. The molecule has 0 unspecified atom stereocenters. The number of rotatable bonds is 1. The zero-order chi connectivity index (χ0) is 10.8. The van der Waals surface area contributed by atoms with Crippen LogP contribution in [0.25, 0.3) is 0 Å². The second-order valence-corrected chi connectivity index (χ2v) is 4.52. The van der Waals surface area contributed by atoms with Gasteiger partial charge in [-0.1, -0.05) is 19.8 Å². The van der Waals surface area contributed by atoms with E-state index in [1.807, 2.05) is 0 Å². The Morgan fingerprint density at radius 3 is 2.44 bits per heavy atom. The molecule has 0 nitrogen and oxygen atoms in total. The summed E-state index contributed by atoms with van der Waals surface area (Å²) in [4.78, 5) is 0. The van der Waals surface area contributed by atoms with Gasteiger partial charge in [-0.2, -0.15) is 12.1 Å². The molecule has 1 saturated carbocycles. The third-order valence-electron chi connectivity index (χ3n) is 3.37. The van der Waals surface area contributed by atoms with Crippen LogP contribution < -0.4 is 0 Å². The Balaban J connectivity index is 0.00000128. The van der Waals surface area contributed by atoms with Crippen molar-refractivity contribution in [2.75, 3.05) is 0 Å². The Morgan fingerprint density at radius 2 is 1.81 bits per heavy atom. The summed E-state index contributed by atoms with van der Waals surface area (Å²) in [6.45, 7) is 2.21. The second kappa shape index (κ2) is 6.21. The molecule has 0 N–H and O–H groups in total. The maximum atomic E-state index is 13.5. The van der Waals surface area contributed by atoms with Crippen LogP contribution in [0.1, 0.15) is 44.1 Å². The summed E-state index contributed by atoms with van der Waals surface area (Å²) in [7, 11) is 0. The minimum atomic E-state index is -0.842. The van der Waals surface area contributed by atoms with Crippen molar-refractivity contribution in [2.24, 2.45) is 5.92 Å². The Morgan fingerprint density at radius 1 is 1.19 bits per heavy atom. The third kappa shape index (κ3) is 3.10. The van der Waals surface area contributed by atoms with Gasteiger partial charge in [-0.05, 0) is 24.7 Å². The van der Waals surface area contributed by atoms with Crippen LogP contribution in [0, 0.1) is 23.6 Å². The van der Waals surface area contributed by atoms with E-state index in [0.717, 1.165) is 31.6 Å². The van der Waals surface area contributed by atoms with E-state index in [1.54, 1.807) is 6.07 Å². The predicted octanol–water partition coefficient (Wildman–Crippen LogP) is 4.06. The zero-order valence-electron chi connectivity index (χ0n) is 9.47. The molecule has 0 atom stereocenters. The van der Waals surface area contributed by atoms with Crippen molar-refractivity contribution < 1.29 is 41.5 Å². The van der Waals surface area contributed by atoms with E-state index in [9.17, 15) is 8.78 Å². The number of hydrogen-bond donors (Lipinski definition) is 0. The molecule has 1 aliphatic rings. The first-order valence-corrected chi connectivity index (χ1v) is 5.54. The molecule has 1 fully saturated rings. The minimum Gasteiger partial charge on any atom is -0.281 e. The first-order valence-electron chi connectivity index (χ1n) is 5.54. The minimum absolute atomic E-state index is 0. The zero-order valence-corrected chi connectivity index (χ0v) is 12.3. The van der Waals surface area contributed by atoms with Crippen LogP contribution in [0.3, 0.4) is 0 Å². The van der Waals surface area contributed by atoms with E-state index >= 15 is 0 Å². The van der Waals surface area contributed by atoms with Crippen molar-refractivity contribution in [2.45, 2.75) is 38.5 Å². The fourth-order valence-corrected chi connectivity index (χ4v) is 2.35. The second-order valence-electron chi connectivity index (χ2n) is 4.52. The molecule has 0 amide bonds. The fraction of sp³-hybridized carbons (Fsp3) is 0.538. The Bertz CT molecular complexity index is 344. The van der Waals surface area contributed by atoms with Gasteiger partial charge >= 0.3 is 0 Å². The van der Waals surface area contributed by atoms with Gasteiger partial charge < -0.3 is 0 Å². The topological polar surface area (TPSA) is 0 Å². The fourth-order valence-electron chi connectivity index (χ4n) is 2.35. The molecule has 0 bridgehead atoms. The smallest absolute Gasteiger partial charge is 0.0469 e. The third-order valence-corrected chi connectivity index (χ3v) is 3.37. The van der Waals surface area contributed by atoms with Gasteiger partial charge in [0.1, 0.15) is 0 Å². The first kappa shape index (κ1) is 14.2. The molecule has 0 saturated heterocycles. The molecule has 2 rings (SSSR count). The van der Waals surface area contributed by atoms with Gasteiger partial charge in [0.05, 0.1) is 0 Å². The molecule has 1 aromatic carbocycles. The van der Waals surface area contributed by atoms with Crippen molar-refractivity contribution in [3.63, 3.8) is 0 Å². The van der Waals surface area contributed by atoms with Crippen LogP contribution in [0.5, 0.6) is 0 Å². The summed E-state index contributed by atoms with van der Waals surface area (Å²) in [6, 6.07) is 5.39. The molecule has 0 spiro atoms. The number of halogens is 2. The van der Waals surface area contributed by atoms with E-state index in [1.165, 1.54) is 6.07 Å². The summed E-state index contributed by atoms with van der Waals surface area (Å²) in [6.07, 6.45) is 4.18. The number of hydrogen-bond acceptors (Lipinski definition) is 0. The predicted molar refractivity (Wildman–Crippen MR) is 55.6 cm³/mol. The molecule has 1 radical (unpaired) electrons. The van der Waals surface area contributed by atoms with Crippen molar-refractivity contribution in [3.05, 3.63) is 35.4 Å². The SMILES string of the molecule is CC1CCC(c2cc[c-]c(F)c2F)CC1.[Y]. The first-order chi connectivity index (χ1) is 7.18. The summed E-state index contributed by atoms with van der Waals surface area (Å²) in [5.74, 6) is -0.613. The van der Waals surface area contributed by atoms with Crippen molar-refractivity contribution >= 4 is 0 Å². The normalized spacial score (nSPS) is 24.9. The molecular formula is C13H15F2Y-. The molecule has 1 aliphatic carbocycles. The van der Waals surface area contributed by atoms with E-state index in [-0.39, 0.29) is 38.6 Å². The van der Waals surface area contributed by atoms with Gasteiger partial charge in [-0.15, -0.1) is 11.6 Å². The van der Waals surface area contributed by atoms with Gasteiger partial charge in [-0.25, -0.2) is 4.39 Å². The molecule has 1 aromatic rings. The van der Waals surface area contributed by atoms with Crippen LogP contribution in [-0.2, 0) is 32.7 Å². The molecular weight excluding hydrogens is 283 g/mol. The molecule has 0 heterocycles. The molecule has 85 valence electrons. The Kier molecular flexibility index (Phi) is 5.53. The monoisotopic (exact) mass is 298 g/mol. The van der Waals surface area contributed by atoms with Crippen LogP contribution in [-0.4, -0.2) is 0 Å². The van der Waals surface area contributed by atoms with Crippen LogP contribution >= 0.6 is 0 Å². The van der Waals surface area contributed by atoms with E-state index < -0.39 is 11.6 Å². The average Bonchev–Trinajstić information content (AvgIpc) is 2.24. The maximum Gasteiger partial charge on any atom is 0.0469 e. The van der Waals surface area contributed by atoms with Crippen molar-refractivity contribution in [1.29, 1.82) is 0 Å². The largest absolute Gasteiger partial charge is 0.281 e. The van der Waals surface area contributed by atoms with Gasteiger partial charge in [0.25, 0.3) is 0 Å². The van der Waals surface area contributed by atoms with Crippen LogP contribution in [0.15, 0.2) is 12.1 Å². The van der Waals surface area contributed by atoms with Gasteiger partial charge in [-0.3, -0.25) is 4.39 Å². The van der Waals surface area contributed by atoms with Gasteiger partial charge in [0.15, 0.2) is 0 Å². The Labute approximate surface area is 121 Å². The quantitative estimate of drug-likeness (QED) is 0.686. The van der Waals surface area contributed by atoms with E-state index in [2.05, 4.69) is 13.0 Å². The van der Waals surface area contributed by atoms with Crippen molar-refractivity contribution in [1.82, 2.24) is 0 Å². The molecule has 16 heavy (non-hydrogen) atoms. The van der Waals surface area contributed by atoms with E-state index in [0.29, 0.717) is 5.56 Å². The number of benzene rings is 1. The van der Waals surface area contributed by atoms with E-state index in [4.69, 9.17) is 0 Å². The summed E-state index contributed by atoms with van der Waals surface area (Å²) in [5.41, 5.74) is 0.540. The molecule has 0 aromatic heterocycles. The molecule has 0 aliphatic heterocycles.